The molecule has 2 rings (SSSR count). The summed E-state index contributed by atoms with van der Waals surface area (Å²) in [7, 11) is 0. The van der Waals surface area contributed by atoms with Crippen LogP contribution < -0.4 is 5.73 Å². The Morgan fingerprint density at radius 1 is 1.20 bits per heavy atom. The van der Waals surface area contributed by atoms with E-state index in [9.17, 15) is 0 Å². The summed E-state index contributed by atoms with van der Waals surface area (Å²) >= 11 is 3.43. The minimum absolute atomic E-state index is 0.0686. The number of nitrogens with two attached hydrogens (primary N) is 1. The molecule has 0 saturated carbocycles. The SMILES string of the molecule is CC(N)c1ccc(-c2occc2Br)cc1. The molecule has 0 fully saturated rings. The molecule has 0 radical (unpaired) electrons. The highest BCUT2D eigenvalue weighted by Crippen LogP contribution is 2.29. The summed E-state index contributed by atoms with van der Waals surface area (Å²) in [5, 5.41) is 0. The molecule has 2 nitrogen and oxygen atoms in total. The minimum Gasteiger partial charge on any atom is -0.463 e. The third-order valence-corrected chi connectivity index (χ3v) is 2.94. The van der Waals surface area contributed by atoms with Gasteiger partial charge < -0.3 is 10.2 Å². The Hall–Kier alpha value is -1.06. The molecule has 1 unspecified atom stereocenters. The van der Waals surface area contributed by atoms with Crippen molar-refractivity contribution >= 4 is 15.9 Å². The lowest BCUT2D eigenvalue weighted by Gasteiger charge is -2.05. The van der Waals surface area contributed by atoms with Crippen LogP contribution in [0.2, 0.25) is 0 Å². The molecule has 0 aliphatic rings. The van der Waals surface area contributed by atoms with Gasteiger partial charge in [-0.15, -0.1) is 0 Å². The van der Waals surface area contributed by atoms with Crippen molar-refractivity contribution < 1.29 is 4.42 Å². The van der Waals surface area contributed by atoms with Crippen LogP contribution in [0, 0.1) is 0 Å². The highest BCUT2D eigenvalue weighted by molar-refractivity contribution is 9.10. The van der Waals surface area contributed by atoms with Crippen LogP contribution in [0.4, 0.5) is 0 Å². The van der Waals surface area contributed by atoms with Crippen LogP contribution in [0.15, 0.2) is 45.5 Å². The summed E-state index contributed by atoms with van der Waals surface area (Å²) in [6.45, 7) is 1.97. The van der Waals surface area contributed by atoms with E-state index in [0.717, 1.165) is 21.4 Å². The van der Waals surface area contributed by atoms with Crippen molar-refractivity contribution in [2.75, 3.05) is 0 Å². The van der Waals surface area contributed by atoms with Gasteiger partial charge in [0.05, 0.1) is 10.7 Å². The van der Waals surface area contributed by atoms with Gasteiger partial charge >= 0.3 is 0 Å². The molecule has 0 aliphatic heterocycles. The molecule has 1 atom stereocenters. The van der Waals surface area contributed by atoms with Gasteiger partial charge in [-0.2, -0.15) is 0 Å². The molecule has 0 spiro atoms. The Morgan fingerprint density at radius 3 is 2.33 bits per heavy atom. The van der Waals surface area contributed by atoms with E-state index in [1.165, 1.54) is 0 Å². The first kappa shape index (κ1) is 10.5. The van der Waals surface area contributed by atoms with E-state index >= 15 is 0 Å². The Kier molecular flexibility index (Phi) is 2.93. The summed E-state index contributed by atoms with van der Waals surface area (Å²) in [6.07, 6.45) is 1.67. The summed E-state index contributed by atoms with van der Waals surface area (Å²) in [6, 6.07) is 10.0. The molecule has 1 aromatic heterocycles. The van der Waals surface area contributed by atoms with Crippen molar-refractivity contribution in [1.29, 1.82) is 0 Å². The summed E-state index contributed by atoms with van der Waals surface area (Å²) in [5.41, 5.74) is 7.96. The maximum atomic E-state index is 5.78. The quantitative estimate of drug-likeness (QED) is 0.899. The van der Waals surface area contributed by atoms with Gasteiger partial charge in [-0.25, -0.2) is 0 Å². The molecule has 78 valence electrons. The van der Waals surface area contributed by atoms with Gasteiger partial charge in [0.15, 0.2) is 0 Å². The molecule has 2 N–H and O–H groups in total. The summed E-state index contributed by atoms with van der Waals surface area (Å²) in [5.74, 6) is 0.853. The molecule has 3 heteroatoms. The number of hydrogen-bond acceptors (Lipinski definition) is 2. The molecule has 0 amide bonds. The van der Waals surface area contributed by atoms with Crippen molar-refractivity contribution in [3.05, 3.63) is 46.6 Å². The normalized spacial score (nSPS) is 12.7. The summed E-state index contributed by atoms with van der Waals surface area (Å²) < 4.78 is 6.34. The highest BCUT2D eigenvalue weighted by Gasteiger charge is 2.06. The third-order valence-electron chi connectivity index (χ3n) is 2.32. The fourth-order valence-corrected chi connectivity index (χ4v) is 1.87. The standard InChI is InChI=1S/C12H12BrNO/c1-8(14)9-2-4-10(5-3-9)12-11(13)6-7-15-12/h2-8H,14H2,1H3. The minimum atomic E-state index is 0.0686. The van der Waals surface area contributed by atoms with Gasteiger partial charge in [0, 0.05) is 11.6 Å². The Morgan fingerprint density at radius 2 is 1.87 bits per heavy atom. The van der Waals surface area contributed by atoms with Crippen LogP contribution in [-0.2, 0) is 0 Å². The zero-order chi connectivity index (χ0) is 10.8. The van der Waals surface area contributed by atoms with Gasteiger partial charge in [-0.05, 0) is 34.5 Å². The Balaban J connectivity index is 2.36. The molecule has 2 aromatic rings. The number of halogens is 1. The Bertz CT molecular complexity index is 445. The van der Waals surface area contributed by atoms with Crippen LogP contribution in [0.25, 0.3) is 11.3 Å². The maximum absolute atomic E-state index is 5.78. The third kappa shape index (κ3) is 2.13. The first-order valence-corrected chi connectivity index (χ1v) is 5.56. The fraction of sp³-hybridized carbons (Fsp3) is 0.167. The van der Waals surface area contributed by atoms with Crippen LogP contribution in [0.3, 0.4) is 0 Å². The van der Waals surface area contributed by atoms with Crippen LogP contribution in [-0.4, -0.2) is 0 Å². The average molecular weight is 266 g/mol. The largest absolute Gasteiger partial charge is 0.463 e. The topological polar surface area (TPSA) is 39.2 Å². The predicted octanol–water partition coefficient (Wildman–Crippen LogP) is 3.73. The molecule has 1 aromatic carbocycles. The van der Waals surface area contributed by atoms with E-state index in [4.69, 9.17) is 10.2 Å². The molecule has 0 bridgehead atoms. The van der Waals surface area contributed by atoms with Gasteiger partial charge in [0.1, 0.15) is 5.76 Å². The second-order valence-electron chi connectivity index (χ2n) is 3.51. The Labute approximate surface area is 97.2 Å². The molecular formula is C12H12BrNO. The van der Waals surface area contributed by atoms with Crippen molar-refractivity contribution in [2.24, 2.45) is 5.73 Å². The lowest BCUT2D eigenvalue weighted by molar-refractivity contribution is 0.581. The van der Waals surface area contributed by atoms with E-state index in [-0.39, 0.29) is 6.04 Å². The van der Waals surface area contributed by atoms with Crippen molar-refractivity contribution in [3.8, 4) is 11.3 Å². The molecule has 0 aliphatic carbocycles. The first-order valence-electron chi connectivity index (χ1n) is 4.77. The predicted molar refractivity (Wildman–Crippen MR) is 64.4 cm³/mol. The summed E-state index contributed by atoms with van der Waals surface area (Å²) in [4.78, 5) is 0. The van der Waals surface area contributed by atoms with Gasteiger partial charge in [0.25, 0.3) is 0 Å². The molecular weight excluding hydrogens is 254 g/mol. The monoisotopic (exact) mass is 265 g/mol. The second-order valence-corrected chi connectivity index (χ2v) is 4.36. The first-order chi connectivity index (χ1) is 7.18. The second kappa shape index (κ2) is 4.21. The van der Waals surface area contributed by atoms with E-state index in [1.807, 2.05) is 37.3 Å². The highest BCUT2D eigenvalue weighted by atomic mass is 79.9. The lowest BCUT2D eigenvalue weighted by atomic mass is 10.1. The average Bonchev–Trinajstić information content (AvgIpc) is 2.65. The van der Waals surface area contributed by atoms with Crippen molar-refractivity contribution in [1.82, 2.24) is 0 Å². The molecule has 15 heavy (non-hydrogen) atoms. The van der Waals surface area contributed by atoms with E-state index in [0.29, 0.717) is 0 Å². The van der Waals surface area contributed by atoms with Crippen molar-refractivity contribution in [3.63, 3.8) is 0 Å². The number of rotatable bonds is 2. The molecule has 1 heterocycles. The van der Waals surface area contributed by atoms with Crippen molar-refractivity contribution in [2.45, 2.75) is 13.0 Å². The fourth-order valence-electron chi connectivity index (χ4n) is 1.44. The maximum Gasteiger partial charge on any atom is 0.148 e. The van der Waals surface area contributed by atoms with Gasteiger partial charge in [0.2, 0.25) is 0 Å². The zero-order valence-electron chi connectivity index (χ0n) is 8.41. The van der Waals surface area contributed by atoms with E-state index in [2.05, 4.69) is 15.9 Å². The van der Waals surface area contributed by atoms with E-state index in [1.54, 1.807) is 6.26 Å². The van der Waals surface area contributed by atoms with Crippen LogP contribution >= 0.6 is 15.9 Å². The number of hydrogen-bond donors (Lipinski definition) is 1. The van der Waals surface area contributed by atoms with Crippen LogP contribution in [0.5, 0.6) is 0 Å². The van der Waals surface area contributed by atoms with E-state index < -0.39 is 0 Å². The van der Waals surface area contributed by atoms with Crippen LogP contribution in [0.1, 0.15) is 18.5 Å². The number of benzene rings is 1. The lowest BCUT2D eigenvalue weighted by Crippen LogP contribution is -2.04. The zero-order valence-corrected chi connectivity index (χ0v) is 9.99. The number of furan rings is 1. The van der Waals surface area contributed by atoms with Gasteiger partial charge in [-0.1, -0.05) is 24.3 Å². The van der Waals surface area contributed by atoms with Gasteiger partial charge in [-0.3, -0.25) is 0 Å². The smallest absolute Gasteiger partial charge is 0.148 e. The molecule has 0 saturated heterocycles.